The topological polar surface area (TPSA) is 76.4 Å². The third-order valence-corrected chi connectivity index (χ3v) is 2.90. The molecule has 1 aromatic heterocycles. The first-order valence-corrected chi connectivity index (χ1v) is 6.04. The minimum absolute atomic E-state index is 0.0480. The van der Waals surface area contributed by atoms with Crippen LogP contribution in [0.1, 0.15) is 21.5 Å². The zero-order valence-corrected chi connectivity index (χ0v) is 11.2. The maximum atomic E-state index is 13.0. The molecule has 0 aliphatic rings. The largest absolute Gasteiger partial charge is 0.472 e. The van der Waals surface area contributed by atoms with E-state index in [0.717, 1.165) is 0 Å². The summed E-state index contributed by atoms with van der Waals surface area (Å²) < 4.78 is 19.6. The van der Waals surface area contributed by atoms with Gasteiger partial charge in [-0.25, -0.2) is 14.0 Å². The molecule has 0 saturated carbocycles. The minimum atomic E-state index is -0.744. The summed E-state index contributed by atoms with van der Waals surface area (Å²) >= 11 is 3.96. The first kappa shape index (κ1) is 14.4. The lowest BCUT2D eigenvalue weighted by Crippen LogP contribution is -2.21. The third-order valence-electron chi connectivity index (χ3n) is 2.68. The van der Waals surface area contributed by atoms with Gasteiger partial charge in [-0.15, -0.1) is 5.10 Å². The van der Waals surface area contributed by atoms with Gasteiger partial charge in [0.15, 0.2) is 0 Å². The van der Waals surface area contributed by atoms with Gasteiger partial charge in [0.2, 0.25) is 5.88 Å². The number of ether oxygens (including phenoxy) is 1. The zero-order chi connectivity index (χ0) is 14.5. The molecule has 1 heterocycles. The average Bonchev–Trinajstić information content (AvgIpc) is 2.89. The predicted octanol–water partition coefficient (Wildman–Crippen LogP) is 1.74. The fourth-order valence-electron chi connectivity index (χ4n) is 1.72. The Bertz CT molecular complexity index is 618. The lowest BCUT2D eigenvalue weighted by atomic mass is 10.0. The predicted molar refractivity (Wildman–Crippen MR) is 71.4 cm³/mol. The van der Waals surface area contributed by atoms with Crippen molar-refractivity contribution in [3.63, 3.8) is 0 Å². The van der Waals surface area contributed by atoms with E-state index in [0.29, 0.717) is 17.0 Å². The highest BCUT2D eigenvalue weighted by Crippen LogP contribution is 2.19. The average molecular weight is 297 g/mol. The maximum Gasteiger partial charge on any atom is 0.275 e. The van der Waals surface area contributed by atoms with Crippen molar-refractivity contribution >= 4 is 18.7 Å². The molecular weight excluding hydrogens is 285 g/mol. The number of nitrogens with zero attached hydrogens (tertiary/aromatic N) is 2. The Morgan fingerprint density at radius 3 is 2.90 bits per heavy atom. The van der Waals surface area contributed by atoms with Crippen molar-refractivity contribution in [2.24, 2.45) is 0 Å². The summed E-state index contributed by atoms with van der Waals surface area (Å²) in [4.78, 5) is 11.5. The maximum absolute atomic E-state index is 13.0. The minimum Gasteiger partial charge on any atom is -0.472 e. The van der Waals surface area contributed by atoms with E-state index in [-0.39, 0.29) is 12.2 Å². The van der Waals surface area contributed by atoms with Crippen LogP contribution in [0.5, 0.6) is 5.88 Å². The molecule has 0 spiro atoms. The number of halogens is 1. The molecule has 0 radical (unpaired) electrons. The van der Waals surface area contributed by atoms with E-state index in [2.05, 4.69) is 17.9 Å². The molecule has 2 N–H and O–H groups in total. The van der Waals surface area contributed by atoms with Crippen molar-refractivity contribution in [3.05, 3.63) is 47.2 Å². The molecule has 8 heteroatoms. The molecule has 6 nitrogen and oxygen atoms in total. The molecule has 0 aliphatic carbocycles. The van der Waals surface area contributed by atoms with E-state index in [1.165, 1.54) is 21.7 Å². The Hall–Kier alpha value is -2.06. The van der Waals surface area contributed by atoms with E-state index in [9.17, 15) is 9.18 Å². The standard InChI is InChI=1S/C12H12FN3O3S/c13-6-8-2-1-3-9(12(17)15-18)10(8)7-19-11-4-5-16(20)14-11/h1-5,18,20H,6-7H2,(H,15,17). The highest BCUT2D eigenvalue weighted by Gasteiger charge is 2.15. The molecule has 0 atom stereocenters. The number of nitrogens with one attached hydrogen (secondary N) is 1. The fraction of sp³-hybridized carbons (Fsp3) is 0.167. The van der Waals surface area contributed by atoms with Gasteiger partial charge in [-0.3, -0.25) is 10.0 Å². The number of alkyl halides is 1. The van der Waals surface area contributed by atoms with Crippen molar-refractivity contribution in [3.8, 4) is 5.88 Å². The zero-order valence-electron chi connectivity index (χ0n) is 10.3. The molecule has 2 aromatic rings. The van der Waals surface area contributed by atoms with Gasteiger partial charge < -0.3 is 4.74 Å². The number of hydrogen-bond donors (Lipinski definition) is 3. The quantitative estimate of drug-likeness (QED) is 0.446. The van der Waals surface area contributed by atoms with Crippen LogP contribution < -0.4 is 10.2 Å². The number of thiol groups is 1. The Morgan fingerprint density at radius 2 is 2.30 bits per heavy atom. The van der Waals surface area contributed by atoms with E-state index < -0.39 is 12.6 Å². The van der Waals surface area contributed by atoms with Crippen LogP contribution in [0, 0.1) is 0 Å². The molecule has 20 heavy (non-hydrogen) atoms. The molecule has 0 bridgehead atoms. The number of aromatic nitrogens is 2. The molecule has 106 valence electrons. The van der Waals surface area contributed by atoms with Crippen LogP contribution >= 0.6 is 12.8 Å². The SMILES string of the molecule is O=C(NO)c1cccc(CF)c1COc1ccn(S)n1. The Morgan fingerprint density at radius 1 is 1.50 bits per heavy atom. The Labute approximate surface area is 119 Å². The second-order valence-corrected chi connectivity index (χ2v) is 4.29. The lowest BCUT2D eigenvalue weighted by Gasteiger charge is -2.12. The number of carbonyl (C=O) groups excluding carboxylic acids is 1. The monoisotopic (exact) mass is 297 g/mol. The second kappa shape index (κ2) is 6.40. The number of hydroxylamine groups is 1. The van der Waals surface area contributed by atoms with Crippen molar-refractivity contribution in [1.82, 2.24) is 14.7 Å². The molecule has 2 rings (SSSR count). The van der Waals surface area contributed by atoms with Gasteiger partial charge in [0.25, 0.3) is 5.91 Å². The van der Waals surface area contributed by atoms with Gasteiger partial charge in [-0.2, -0.15) is 0 Å². The second-order valence-electron chi connectivity index (χ2n) is 3.88. The summed E-state index contributed by atoms with van der Waals surface area (Å²) in [7, 11) is 0. The van der Waals surface area contributed by atoms with Crippen LogP contribution in [0.25, 0.3) is 0 Å². The van der Waals surface area contributed by atoms with Gasteiger partial charge in [-0.1, -0.05) is 12.1 Å². The molecule has 0 fully saturated rings. The summed E-state index contributed by atoms with van der Waals surface area (Å²) in [6.07, 6.45) is 1.57. The number of hydrogen-bond acceptors (Lipinski definition) is 5. The fourth-order valence-corrected chi connectivity index (χ4v) is 1.88. The van der Waals surface area contributed by atoms with Crippen molar-refractivity contribution < 1.29 is 19.1 Å². The summed E-state index contributed by atoms with van der Waals surface area (Å²) in [6, 6.07) is 6.13. The van der Waals surface area contributed by atoms with Gasteiger partial charge in [0.1, 0.15) is 13.3 Å². The van der Waals surface area contributed by atoms with Gasteiger partial charge in [0, 0.05) is 23.4 Å². The van der Waals surface area contributed by atoms with Crippen LogP contribution in [0.4, 0.5) is 4.39 Å². The molecule has 1 amide bonds. The third kappa shape index (κ3) is 3.09. The number of rotatable bonds is 5. The van der Waals surface area contributed by atoms with Gasteiger partial charge >= 0.3 is 0 Å². The highest BCUT2D eigenvalue weighted by molar-refractivity contribution is 7.78. The van der Waals surface area contributed by atoms with Crippen LogP contribution in [0.2, 0.25) is 0 Å². The van der Waals surface area contributed by atoms with E-state index in [1.807, 2.05) is 0 Å². The molecule has 0 saturated heterocycles. The number of amides is 1. The summed E-state index contributed by atoms with van der Waals surface area (Å²) in [5.41, 5.74) is 2.35. The van der Waals surface area contributed by atoms with E-state index >= 15 is 0 Å². The van der Waals surface area contributed by atoms with Crippen molar-refractivity contribution in [2.45, 2.75) is 13.3 Å². The smallest absolute Gasteiger partial charge is 0.275 e. The number of benzene rings is 1. The molecule has 1 aromatic carbocycles. The summed E-state index contributed by atoms with van der Waals surface area (Å²) in [5.74, 6) is -0.428. The summed E-state index contributed by atoms with van der Waals surface area (Å²) in [5, 5.41) is 12.6. The lowest BCUT2D eigenvalue weighted by molar-refractivity contribution is 0.0703. The summed E-state index contributed by atoms with van der Waals surface area (Å²) in [6.45, 7) is -0.792. The van der Waals surface area contributed by atoms with Gasteiger partial charge in [0.05, 0.1) is 0 Å². The van der Waals surface area contributed by atoms with Crippen LogP contribution in [-0.4, -0.2) is 20.3 Å². The van der Waals surface area contributed by atoms with Crippen LogP contribution in [-0.2, 0) is 13.3 Å². The molecular formula is C12H12FN3O3S. The van der Waals surface area contributed by atoms with E-state index in [1.54, 1.807) is 18.3 Å². The van der Waals surface area contributed by atoms with Gasteiger partial charge in [-0.05, 0) is 24.4 Å². The number of carbonyl (C=O) groups is 1. The van der Waals surface area contributed by atoms with Crippen LogP contribution in [0.15, 0.2) is 30.5 Å². The van der Waals surface area contributed by atoms with Crippen molar-refractivity contribution in [1.29, 1.82) is 0 Å². The Balaban J connectivity index is 2.26. The molecule has 0 unspecified atom stereocenters. The first-order chi connectivity index (χ1) is 9.65. The van der Waals surface area contributed by atoms with E-state index in [4.69, 9.17) is 9.94 Å². The Kier molecular flexibility index (Phi) is 4.59. The normalized spacial score (nSPS) is 10.3. The van der Waals surface area contributed by atoms with Crippen LogP contribution in [0.3, 0.4) is 0 Å². The highest BCUT2D eigenvalue weighted by atomic mass is 32.1. The van der Waals surface area contributed by atoms with Crippen molar-refractivity contribution in [2.75, 3.05) is 0 Å². The first-order valence-electron chi connectivity index (χ1n) is 5.64. The molecule has 0 aliphatic heterocycles.